The van der Waals surface area contributed by atoms with Crippen LogP contribution in [0.2, 0.25) is 0 Å². The summed E-state index contributed by atoms with van der Waals surface area (Å²) < 4.78 is 9.45. The first-order chi connectivity index (χ1) is 7.65. The van der Waals surface area contributed by atoms with Gasteiger partial charge in [0.05, 0.1) is 7.11 Å². The van der Waals surface area contributed by atoms with Crippen molar-refractivity contribution in [2.45, 2.75) is 25.7 Å². The normalized spacial score (nSPS) is 14.3. The molecule has 86 valence electrons. The minimum Gasteiger partial charge on any atom is -0.506 e. The molecule has 1 heterocycles. The van der Waals surface area contributed by atoms with Gasteiger partial charge in [-0.1, -0.05) is 0 Å². The third kappa shape index (κ3) is 1.58. The van der Waals surface area contributed by atoms with Gasteiger partial charge in [-0.25, -0.2) is 9.59 Å². The van der Waals surface area contributed by atoms with Crippen LogP contribution in [0.5, 0.6) is 5.75 Å². The number of esters is 1. The van der Waals surface area contributed by atoms with Crippen LogP contribution in [-0.2, 0) is 17.6 Å². The lowest BCUT2D eigenvalue weighted by Gasteiger charge is -2.15. The number of carbonyl (C=O) groups excluding carboxylic acids is 1. The Morgan fingerprint density at radius 1 is 1.38 bits per heavy atom. The van der Waals surface area contributed by atoms with Crippen LogP contribution in [-0.4, -0.2) is 18.2 Å². The van der Waals surface area contributed by atoms with Crippen LogP contribution in [0.3, 0.4) is 0 Å². The van der Waals surface area contributed by atoms with Crippen molar-refractivity contribution in [3.05, 3.63) is 27.3 Å². The Bertz CT molecular complexity index is 486. The van der Waals surface area contributed by atoms with E-state index < -0.39 is 17.2 Å². The molecule has 0 spiro atoms. The van der Waals surface area contributed by atoms with Crippen LogP contribution in [0.25, 0.3) is 0 Å². The van der Waals surface area contributed by atoms with Gasteiger partial charge in [0.1, 0.15) is 11.5 Å². The SMILES string of the molecule is COC(=O)c1c(O)c2c(oc1=O)CCCC2. The number of hydrogen-bond acceptors (Lipinski definition) is 5. The molecule has 1 aromatic rings. The summed E-state index contributed by atoms with van der Waals surface area (Å²) in [5.41, 5.74) is -0.667. The summed E-state index contributed by atoms with van der Waals surface area (Å²) in [7, 11) is 1.15. The summed E-state index contributed by atoms with van der Waals surface area (Å²) in [6.07, 6.45) is 3.08. The van der Waals surface area contributed by atoms with Crippen molar-refractivity contribution in [2.24, 2.45) is 0 Å². The average molecular weight is 224 g/mol. The van der Waals surface area contributed by atoms with Crippen LogP contribution in [0.1, 0.15) is 34.5 Å². The zero-order valence-electron chi connectivity index (χ0n) is 8.91. The number of aromatic hydroxyl groups is 1. The van der Waals surface area contributed by atoms with E-state index in [-0.39, 0.29) is 5.75 Å². The standard InChI is InChI=1S/C11H12O5/c1-15-10(13)8-9(12)6-4-2-3-5-7(6)16-11(8)14/h12H,2-5H2,1H3. The molecule has 0 aliphatic heterocycles. The van der Waals surface area contributed by atoms with Gasteiger partial charge in [0, 0.05) is 12.0 Å². The first-order valence-electron chi connectivity index (χ1n) is 5.11. The van der Waals surface area contributed by atoms with E-state index in [4.69, 9.17) is 4.42 Å². The maximum absolute atomic E-state index is 11.5. The Balaban J connectivity index is 2.63. The topological polar surface area (TPSA) is 76.7 Å². The Kier molecular flexibility index (Phi) is 2.68. The van der Waals surface area contributed by atoms with Gasteiger partial charge in [0.15, 0.2) is 5.56 Å². The lowest BCUT2D eigenvalue weighted by molar-refractivity contribution is 0.0591. The predicted molar refractivity (Wildman–Crippen MR) is 54.6 cm³/mol. The Morgan fingerprint density at radius 2 is 2.06 bits per heavy atom. The molecule has 1 aliphatic rings. The molecular formula is C11H12O5. The first kappa shape index (κ1) is 10.7. The Labute approximate surface area is 91.7 Å². The van der Waals surface area contributed by atoms with E-state index in [1.165, 1.54) is 0 Å². The molecular weight excluding hydrogens is 212 g/mol. The summed E-state index contributed by atoms with van der Waals surface area (Å²) in [4.78, 5) is 22.8. The van der Waals surface area contributed by atoms with Crippen molar-refractivity contribution in [3.8, 4) is 5.75 Å². The quantitative estimate of drug-likeness (QED) is 0.720. The van der Waals surface area contributed by atoms with Crippen molar-refractivity contribution in [1.82, 2.24) is 0 Å². The van der Waals surface area contributed by atoms with Gasteiger partial charge in [0.25, 0.3) is 0 Å². The number of carbonyl (C=O) groups is 1. The number of methoxy groups -OCH3 is 1. The zero-order valence-corrected chi connectivity index (χ0v) is 8.91. The van der Waals surface area contributed by atoms with Gasteiger partial charge in [-0.15, -0.1) is 0 Å². The molecule has 0 saturated carbocycles. The van der Waals surface area contributed by atoms with E-state index in [1.54, 1.807) is 0 Å². The molecule has 5 heteroatoms. The number of hydrogen-bond donors (Lipinski definition) is 1. The highest BCUT2D eigenvalue weighted by Gasteiger charge is 2.26. The highest BCUT2D eigenvalue weighted by atomic mass is 16.5. The zero-order chi connectivity index (χ0) is 11.7. The van der Waals surface area contributed by atoms with Crippen molar-refractivity contribution in [3.63, 3.8) is 0 Å². The lowest BCUT2D eigenvalue weighted by atomic mass is 9.95. The van der Waals surface area contributed by atoms with Crippen LogP contribution < -0.4 is 5.63 Å². The average Bonchev–Trinajstić information content (AvgIpc) is 2.28. The third-order valence-electron chi connectivity index (χ3n) is 2.75. The highest BCUT2D eigenvalue weighted by molar-refractivity contribution is 5.92. The third-order valence-corrected chi connectivity index (χ3v) is 2.75. The number of fused-ring (bicyclic) bond motifs is 1. The molecule has 0 amide bonds. The van der Waals surface area contributed by atoms with E-state index in [2.05, 4.69) is 4.74 Å². The molecule has 1 aromatic heterocycles. The van der Waals surface area contributed by atoms with E-state index >= 15 is 0 Å². The molecule has 0 saturated heterocycles. The second-order valence-electron chi connectivity index (χ2n) is 3.71. The fourth-order valence-electron chi connectivity index (χ4n) is 1.93. The lowest BCUT2D eigenvalue weighted by Crippen LogP contribution is -2.19. The Morgan fingerprint density at radius 3 is 2.75 bits per heavy atom. The molecule has 1 N–H and O–H groups in total. The van der Waals surface area contributed by atoms with Gasteiger partial charge < -0.3 is 14.3 Å². The van der Waals surface area contributed by atoms with Gasteiger partial charge >= 0.3 is 11.6 Å². The minimum absolute atomic E-state index is 0.280. The van der Waals surface area contributed by atoms with Crippen molar-refractivity contribution in [2.75, 3.05) is 7.11 Å². The molecule has 2 rings (SSSR count). The van der Waals surface area contributed by atoms with E-state index in [9.17, 15) is 14.7 Å². The van der Waals surface area contributed by atoms with Crippen LogP contribution in [0.15, 0.2) is 9.21 Å². The molecule has 0 fully saturated rings. The molecule has 0 radical (unpaired) electrons. The second kappa shape index (κ2) is 4.00. The smallest absolute Gasteiger partial charge is 0.354 e. The maximum Gasteiger partial charge on any atom is 0.354 e. The van der Waals surface area contributed by atoms with Crippen LogP contribution in [0, 0.1) is 0 Å². The summed E-state index contributed by atoms with van der Waals surface area (Å²) in [6, 6.07) is 0. The van der Waals surface area contributed by atoms with E-state index in [0.29, 0.717) is 24.2 Å². The van der Waals surface area contributed by atoms with Gasteiger partial charge in [-0.2, -0.15) is 0 Å². The number of rotatable bonds is 1. The van der Waals surface area contributed by atoms with E-state index in [0.717, 1.165) is 20.0 Å². The summed E-state index contributed by atoms with van der Waals surface area (Å²) >= 11 is 0. The predicted octanol–water partition coefficient (Wildman–Crippen LogP) is 1.01. The highest BCUT2D eigenvalue weighted by Crippen LogP contribution is 2.29. The maximum atomic E-state index is 11.5. The van der Waals surface area contributed by atoms with Gasteiger partial charge in [-0.3, -0.25) is 0 Å². The van der Waals surface area contributed by atoms with E-state index in [1.807, 2.05) is 0 Å². The summed E-state index contributed by atoms with van der Waals surface area (Å²) in [5, 5.41) is 9.86. The molecule has 0 bridgehead atoms. The fraction of sp³-hybridized carbons (Fsp3) is 0.455. The molecule has 0 aromatic carbocycles. The molecule has 1 aliphatic carbocycles. The van der Waals surface area contributed by atoms with Gasteiger partial charge in [0.2, 0.25) is 0 Å². The van der Waals surface area contributed by atoms with Gasteiger partial charge in [-0.05, 0) is 19.3 Å². The molecule has 16 heavy (non-hydrogen) atoms. The molecule has 5 nitrogen and oxygen atoms in total. The molecule has 0 unspecified atom stereocenters. The first-order valence-corrected chi connectivity index (χ1v) is 5.11. The summed E-state index contributed by atoms with van der Waals surface area (Å²) in [5.74, 6) is -0.654. The fourth-order valence-corrected chi connectivity index (χ4v) is 1.93. The minimum atomic E-state index is -0.861. The van der Waals surface area contributed by atoms with Crippen LogP contribution in [0.4, 0.5) is 0 Å². The summed E-state index contributed by atoms with van der Waals surface area (Å²) in [6.45, 7) is 0. The van der Waals surface area contributed by atoms with Crippen LogP contribution >= 0.6 is 0 Å². The second-order valence-corrected chi connectivity index (χ2v) is 3.71. The monoisotopic (exact) mass is 224 g/mol. The van der Waals surface area contributed by atoms with Crippen molar-refractivity contribution >= 4 is 5.97 Å². The largest absolute Gasteiger partial charge is 0.506 e. The van der Waals surface area contributed by atoms with Crippen molar-refractivity contribution in [1.29, 1.82) is 0 Å². The number of aryl methyl sites for hydroxylation is 1. The molecule has 0 atom stereocenters. The van der Waals surface area contributed by atoms with Crippen molar-refractivity contribution < 1.29 is 19.1 Å². The number of ether oxygens (including phenoxy) is 1. The Hall–Kier alpha value is -1.78.